The van der Waals surface area contributed by atoms with E-state index in [1.165, 1.54) is 0 Å². The zero-order valence-corrected chi connectivity index (χ0v) is 11.9. The van der Waals surface area contributed by atoms with Gasteiger partial charge in [0.05, 0.1) is 6.26 Å². The minimum atomic E-state index is -3.44. The van der Waals surface area contributed by atoms with Crippen molar-refractivity contribution < 1.29 is 22.7 Å². The second-order valence-corrected chi connectivity index (χ2v) is 6.37. The Morgan fingerprint density at radius 3 is 2.68 bits per heavy atom. The number of benzene rings is 1. The highest BCUT2D eigenvalue weighted by molar-refractivity contribution is 7.86. The molecule has 1 heterocycles. The molecule has 1 fully saturated rings. The van der Waals surface area contributed by atoms with E-state index in [0.29, 0.717) is 11.9 Å². The summed E-state index contributed by atoms with van der Waals surface area (Å²) in [6, 6.07) is 7.12. The number of rotatable bonds is 6. The van der Waals surface area contributed by atoms with Crippen LogP contribution < -0.4 is 9.50 Å². The maximum atomic E-state index is 11.0. The predicted octanol–water partition coefficient (Wildman–Crippen LogP) is 0.267. The summed E-state index contributed by atoms with van der Waals surface area (Å²) in [5.41, 5.74) is 1.14. The van der Waals surface area contributed by atoms with Crippen molar-refractivity contribution in [3.05, 3.63) is 29.8 Å². The molecule has 0 radical (unpaired) electrons. The molecule has 0 bridgehead atoms. The van der Waals surface area contributed by atoms with Crippen molar-refractivity contribution in [3.63, 3.8) is 0 Å². The Hall–Kier alpha value is -1.11. The Morgan fingerprint density at radius 2 is 2.11 bits per heavy atom. The van der Waals surface area contributed by atoms with E-state index in [-0.39, 0.29) is 0 Å². The maximum absolute atomic E-state index is 11.0. The van der Waals surface area contributed by atoms with Gasteiger partial charge >= 0.3 is 10.1 Å². The molecule has 0 spiro atoms. The van der Waals surface area contributed by atoms with E-state index >= 15 is 0 Å². The van der Waals surface area contributed by atoms with Crippen LogP contribution in [0.3, 0.4) is 0 Å². The van der Waals surface area contributed by atoms with Gasteiger partial charge in [0, 0.05) is 12.2 Å². The fraction of sp³-hybridized carbons (Fsp3) is 0.538. The Bertz CT molecular complexity index is 492. The van der Waals surface area contributed by atoms with E-state index < -0.39 is 10.1 Å². The number of hydrogen-bond acceptors (Lipinski definition) is 4. The third-order valence-corrected chi connectivity index (χ3v) is 3.50. The lowest BCUT2D eigenvalue weighted by Crippen LogP contribution is -2.84. The summed E-state index contributed by atoms with van der Waals surface area (Å²) in [5, 5.41) is 2.21. The van der Waals surface area contributed by atoms with Gasteiger partial charge in [-0.05, 0) is 37.1 Å². The number of hydrogen-bond donors (Lipinski definition) is 1. The standard InChI is InChI=1S/C13H19NO4S/c1-19(15,16)18-12-6-4-11(5-7-12)9-14-10-13-3-2-8-17-13/h4-7,13-14H,2-3,8-10H2,1H3/p+1/t13-/m0/s1. The molecule has 1 atom stereocenters. The average Bonchev–Trinajstić information content (AvgIpc) is 2.82. The van der Waals surface area contributed by atoms with Crippen LogP contribution in [0.4, 0.5) is 0 Å². The Balaban J connectivity index is 1.78. The van der Waals surface area contributed by atoms with Gasteiger partial charge in [-0.3, -0.25) is 0 Å². The summed E-state index contributed by atoms with van der Waals surface area (Å²) in [5.74, 6) is 0.352. The van der Waals surface area contributed by atoms with Crippen LogP contribution in [0.25, 0.3) is 0 Å². The van der Waals surface area contributed by atoms with Crippen molar-refractivity contribution >= 4 is 10.1 Å². The van der Waals surface area contributed by atoms with Gasteiger partial charge < -0.3 is 14.2 Å². The van der Waals surface area contributed by atoms with Crippen molar-refractivity contribution in [3.8, 4) is 5.75 Å². The van der Waals surface area contributed by atoms with Crippen LogP contribution in [0.5, 0.6) is 5.75 Å². The number of ether oxygens (including phenoxy) is 1. The van der Waals surface area contributed by atoms with Gasteiger partial charge in [-0.25, -0.2) is 0 Å². The lowest BCUT2D eigenvalue weighted by atomic mass is 10.2. The van der Waals surface area contributed by atoms with Crippen LogP contribution in [0, 0.1) is 0 Å². The Labute approximate surface area is 114 Å². The highest BCUT2D eigenvalue weighted by atomic mass is 32.2. The van der Waals surface area contributed by atoms with E-state index in [1.54, 1.807) is 12.1 Å². The molecule has 106 valence electrons. The molecule has 0 aliphatic carbocycles. The maximum Gasteiger partial charge on any atom is 0.306 e. The van der Waals surface area contributed by atoms with Crippen LogP contribution in [0.15, 0.2) is 24.3 Å². The van der Waals surface area contributed by atoms with Crippen molar-refractivity contribution in [1.29, 1.82) is 0 Å². The Morgan fingerprint density at radius 1 is 1.37 bits per heavy atom. The molecule has 5 nitrogen and oxygen atoms in total. The molecule has 1 aromatic carbocycles. The lowest BCUT2D eigenvalue weighted by Gasteiger charge is -2.08. The summed E-state index contributed by atoms with van der Waals surface area (Å²) in [6.45, 7) is 2.72. The van der Waals surface area contributed by atoms with Crippen LogP contribution in [-0.2, 0) is 21.4 Å². The van der Waals surface area contributed by atoms with Crippen LogP contribution in [0.1, 0.15) is 18.4 Å². The molecule has 0 aromatic heterocycles. The van der Waals surface area contributed by atoms with Crippen molar-refractivity contribution in [1.82, 2.24) is 0 Å². The SMILES string of the molecule is CS(=O)(=O)Oc1ccc(C[NH2+]C[C@@H]2CCCO2)cc1. The zero-order valence-electron chi connectivity index (χ0n) is 11.0. The molecular weight excluding hydrogens is 266 g/mol. The summed E-state index contributed by atoms with van der Waals surface area (Å²) in [6.07, 6.45) is 3.73. The molecular formula is C13H20NO4S+. The first-order valence-corrected chi connectivity index (χ1v) is 8.26. The molecule has 2 rings (SSSR count). The van der Waals surface area contributed by atoms with Crippen LogP contribution >= 0.6 is 0 Å². The first-order valence-electron chi connectivity index (χ1n) is 6.44. The molecule has 1 aliphatic heterocycles. The van der Waals surface area contributed by atoms with Gasteiger partial charge in [0.2, 0.25) is 0 Å². The second-order valence-electron chi connectivity index (χ2n) is 4.79. The van der Waals surface area contributed by atoms with E-state index in [9.17, 15) is 8.42 Å². The summed E-state index contributed by atoms with van der Waals surface area (Å²) >= 11 is 0. The second kappa shape index (κ2) is 6.36. The lowest BCUT2D eigenvalue weighted by molar-refractivity contribution is -0.676. The molecule has 0 amide bonds. The Kier molecular flexibility index (Phi) is 4.79. The van der Waals surface area contributed by atoms with Gasteiger partial charge in [0.15, 0.2) is 0 Å². The van der Waals surface area contributed by atoms with Crippen LogP contribution in [0.2, 0.25) is 0 Å². The fourth-order valence-electron chi connectivity index (χ4n) is 2.12. The van der Waals surface area contributed by atoms with Crippen molar-refractivity contribution in [2.75, 3.05) is 19.4 Å². The number of quaternary nitrogens is 1. The smallest absolute Gasteiger partial charge is 0.306 e. The molecule has 6 heteroatoms. The third-order valence-electron chi connectivity index (χ3n) is 3.00. The van der Waals surface area contributed by atoms with Crippen LogP contribution in [-0.4, -0.2) is 33.9 Å². The molecule has 0 unspecified atom stereocenters. The summed E-state index contributed by atoms with van der Waals surface area (Å²) < 4.78 is 32.3. The molecule has 19 heavy (non-hydrogen) atoms. The number of nitrogens with two attached hydrogens (primary N) is 1. The molecule has 1 aliphatic rings. The van der Waals surface area contributed by atoms with Gasteiger partial charge in [-0.2, -0.15) is 8.42 Å². The van der Waals surface area contributed by atoms with E-state index in [0.717, 1.165) is 44.4 Å². The van der Waals surface area contributed by atoms with Gasteiger partial charge in [-0.1, -0.05) is 0 Å². The molecule has 2 N–H and O–H groups in total. The predicted molar refractivity (Wildman–Crippen MR) is 71.4 cm³/mol. The molecule has 1 aromatic rings. The van der Waals surface area contributed by atoms with Gasteiger partial charge in [-0.15, -0.1) is 0 Å². The minimum absolute atomic E-state index is 0.352. The van der Waals surface area contributed by atoms with E-state index in [2.05, 4.69) is 5.32 Å². The monoisotopic (exact) mass is 286 g/mol. The van der Waals surface area contributed by atoms with E-state index in [1.807, 2.05) is 12.1 Å². The fourth-order valence-corrected chi connectivity index (χ4v) is 2.58. The summed E-state index contributed by atoms with van der Waals surface area (Å²) in [7, 11) is -3.44. The first kappa shape index (κ1) is 14.3. The largest absolute Gasteiger partial charge is 0.383 e. The quantitative estimate of drug-likeness (QED) is 0.762. The third kappa shape index (κ3) is 5.18. The summed E-state index contributed by atoms with van der Waals surface area (Å²) in [4.78, 5) is 0. The topological polar surface area (TPSA) is 69.2 Å². The zero-order chi connectivity index (χ0) is 13.7. The van der Waals surface area contributed by atoms with E-state index in [4.69, 9.17) is 8.92 Å². The van der Waals surface area contributed by atoms with Gasteiger partial charge in [0.25, 0.3) is 0 Å². The highest BCUT2D eigenvalue weighted by Crippen LogP contribution is 2.13. The molecule has 0 saturated carbocycles. The average molecular weight is 286 g/mol. The van der Waals surface area contributed by atoms with Crippen molar-refractivity contribution in [2.24, 2.45) is 0 Å². The highest BCUT2D eigenvalue weighted by Gasteiger charge is 2.16. The van der Waals surface area contributed by atoms with Gasteiger partial charge in [0.1, 0.15) is 24.9 Å². The molecule has 1 saturated heterocycles. The normalized spacial score (nSPS) is 19.5. The van der Waals surface area contributed by atoms with Crippen molar-refractivity contribution in [2.45, 2.75) is 25.5 Å². The first-order chi connectivity index (χ1) is 9.03. The minimum Gasteiger partial charge on any atom is -0.383 e.